The van der Waals surface area contributed by atoms with Crippen molar-refractivity contribution >= 4 is 37.4 Å². The van der Waals surface area contributed by atoms with E-state index in [-0.39, 0.29) is 4.90 Å². The molecule has 0 fully saturated rings. The molecule has 2 aromatic carbocycles. The Kier molecular flexibility index (Phi) is 3.51. The first kappa shape index (κ1) is 14.8. The molecule has 6 nitrogen and oxygen atoms in total. The maximum atomic E-state index is 11.6. The summed E-state index contributed by atoms with van der Waals surface area (Å²) in [4.78, 5) is 4.30. The summed E-state index contributed by atoms with van der Waals surface area (Å²) in [5, 5.41) is 3.70. The first-order chi connectivity index (χ1) is 10.4. The van der Waals surface area contributed by atoms with E-state index in [4.69, 9.17) is 5.53 Å². The fourth-order valence-corrected chi connectivity index (χ4v) is 4.50. The number of rotatable bonds is 3. The highest BCUT2D eigenvalue weighted by Crippen LogP contribution is 2.36. The van der Waals surface area contributed by atoms with Gasteiger partial charge in [-0.15, -0.1) is 11.3 Å². The Morgan fingerprint density at radius 3 is 2.45 bits per heavy atom. The van der Waals surface area contributed by atoms with Gasteiger partial charge in [0.15, 0.2) is 0 Å². The van der Waals surface area contributed by atoms with Gasteiger partial charge in [0.1, 0.15) is 9.90 Å². The number of thiazole rings is 1. The minimum atomic E-state index is -4.32. The Balaban J connectivity index is 2.23. The van der Waals surface area contributed by atoms with E-state index in [0.717, 1.165) is 5.56 Å². The smallest absolute Gasteiger partial charge is 0.296 e. The number of hydrogen-bond donors (Lipinski definition) is 1. The van der Waals surface area contributed by atoms with Gasteiger partial charge in [0, 0.05) is 11.3 Å². The molecule has 0 aliphatic heterocycles. The molecule has 1 heterocycles. The second-order valence-corrected chi connectivity index (χ2v) is 7.06. The minimum absolute atomic E-state index is 0.101. The molecular weight excluding hydrogens is 322 g/mol. The summed E-state index contributed by atoms with van der Waals surface area (Å²) in [5.74, 6) is 0. The number of benzene rings is 2. The molecule has 0 amide bonds. The van der Waals surface area contributed by atoms with Crippen LogP contribution in [0.3, 0.4) is 0 Å². The summed E-state index contributed by atoms with van der Waals surface area (Å²) >= 11 is 1.19. The van der Waals surface area contributed by atoms with Crippen LogP contribution < -0.4 is 0 Å². The monoisotopic (exact) mass is 332 g/mol. The summed E-state index contributed by atoms with van der Waals surface area (Å²) in [6.07, 6.45) is 0. The quantitative estimate of drug-likeness (QED) is 0.574. The molecule has 3 aromatic rings. The van der Waals surface area contributed by atoms with Gasteiger partial charge in [-0.05, 0) is 42.8 Å². The number of aryl methyl sites for hydroxylation is 1. The van der Waals surface area contributed by atoms with Crippen molar-refractivity contribution in [1.82, 2.24) is 4.98 Å². The minimum Gasteiger partial charge on any atom is -0.706 e. The van der Waals surface area contributed by atoms with Crippen LogP contribution in [-0.4, -0.2) is 18.0 Å². The third kappa shape index (κ3) is 2.52. The Labute approximate surface area is 130 Å². The molecule has 0 aliphatic carbocycles. The number of nitrogens with zero attached hydrogens (tertiary/aromatic N) is 3. The van der Waals surface area contributed by atoms with Crippen LogP contribution in [0.15, 0.2) is 46.4 Å². The van der Waals surface area contributed by atoms with E-state index in [0.29, 0.717) is 26.5 Å². The summed E-state index contributed by atoms with van der Waals surface area (Å²) in [7, 11) is -4.32. The molecule has 22 heavy (non-hydrogen) atoms. The van der Waals surface area contributed by atoms with Crippen LogP contribution in [0.4, 0.5) is 5.69 Å². The largest absolute Gasteiger partial charge is 0.706 e. The zero-order valence-corrected chi connectivity index (χ0v) is 13.0. The Bertz CT molecular complexity index is 976. The van der Waals surface area contributed by atoms with Crippen molar-refractivity contribution in [3.05, 3.63) is 47.5 Å². The molecule has 0 spiro atoms. The summed E-state index contributed by atoms with van der Waals surface area (Å²) in [6.45, 7) is 1.62. The Morgan fingerprint density at radius 2 is 1.86 bits per heavy atom. The van der Waals surface area contributed by atoms with Gasteiger partial charge in [-0.1, -0.05) is 6.07 Å². The molecule has 112 valence electrons. The van der Waals surface area contributed by atoms with Gasteiger partial charge in [-0.3, -0.25) is 4.55 Å². The lowest BCUT2D eigenvalue weighted by atomic mass is 10.2. The van der Waals surface area contributed by atoms with E-state index in [1.165, 1.54) is 11.3 Å². The van der Waals surface area contributed by atoms with E-state index < -0.39 is 10.1 Å². The van der Waals surface area contributed by atoms with Crippen LogP contribution in [0.2, 0.25) is 0 Å². The first-order valence-corrected chi connectivity index (χ1v) is 8.49. The average molecular weight is 332 g/mol. The molecule has 1 aromatic heterocycles. The Morgan fingerprint density at radius 1 is 1.18 bits per heavy atom. The molecule has 0 unspecified atom stereocenters. The zero-order chi connectivity index (χ0) is 15.9. The second kappa shape index (κ2) is 5.24. The summed E-state index contributed by atoms with van der Waals surface area (Å²) in [6, 6.07) is 10.0. The lowest BCUT2D eigenvalue weighted by Crippen LogP contribution is -2.00. The molecule has 0 aliphatic rings. The number of aromatic nitrogens is 1. The van der Waals surface area contributed by atoms with Gasteiger partial charge in [-0.25, -0.2) is 4.98 Å². The highest BCUT2D eigenvalue weighted by molar-refractivity contribution is 7.86. The van der Waals surface area contributed by atoms with E-state index in [2.05, 4.69) is 10.1 Å². The number of fused-ring (bicyclic) bond motifs is 1. The van der Waals surface area contributed by atoms with Gasteiger partial charge in [-0.2, -0.15) is 8.42 Å². The molecule has 1 N–H and O–H groups in total. The van der Waals surface area contributed by atoms with Gasteiger partial charge < -0.3 is 10.6 Å². The average Bonchev–Trinajstić information content (AvgIpc) is 2.89. The van der Waals surface area contributed by atoms with E-state index in [9.17, 15) is 13.0 Å². The van der Waals surface area contributed by atoms with Gasteiger partial charge >= 0.3 is 0 Å². The molecule has 8 heteroatoms. The lowest BCUT2D eigenvalue weighted by molar-refractivity contribution is 0.484. The second-order valence-electron chi connectivity index (χ2n) is 4.70. The van der Waals surface area contributed by atoms with E-state index >= 15 is 0 Å². The maximum absolute atomic E-state index is 11.6. The van der Waals surface area contributed by atoms with Crippen molar-refractivity contribution in [3.63, 3.8) is 0 Å². The van der Waals surface area contributed by atoms with Gasteiger partial charge in [0.05, 0.1) is 10.2 Å². The van der Waals surface area contributed by atoms with Crippen LogP contribution in [-0.2, 0) is 10.1 Å². The Hall–Kier alpha value is -2.16. The van der Waals surface area contributed by atoms with Crippen LogP contribution in [0.25, 0.3) is 26.3 Å². The maximum Gasteiger partial charge on any atom is 0.296 e. The zero-order valence-electron chi connectivity index (χ0n) is 11.4. The third-order valence-electron chi connectivity index (χ3n) is 3.20. The summed E-state index contributed by atoms with van der Waals surface area (Å²) < 4.78 is 33.0. The number of hydrogen-bond acceptors (Lipinski definition) is 5. The molecule has 3 rings (SSSR count). The van der Waals surface area contributed by atoms with Gasteiger partial charge in [0.2, 0.25) is 0 Å². The van der Waals surface area contributed by atoms with Crippen molar-refractivity contribution in [1.29, 1.82) is 0 Å². The van der Waals surface area contributed by atoms with Gasteiger partial charge in [0.25, 0.3) is 10.1 Å². The standard InChI is InChI=1S/C14H10N3O3S2/c1-8-2-7-11-12(13(8)22(18,19)20)21-14(16-11)9-3-5-10(17-15)6-4-9/h2-7H,1H3,(H,18,19,20)/q-1. The topological polar surface area (TPSA) is 102 Å². The molecule has 0 radical (unpaired) electrons. The van der Waals surface area contributed by atoms with Crippen molar-refractivity contribution in [3.8, 4) is 10.6 Å². The third-order valence-corrected chi connectivity index (χ3v) is 5.51. The predicted molar refractivity (Wildman–Crippen MR) is 85.1 cm³/mol. The predicted octanol–water partition coefficient (Wildman–Crippen LogP) is 4.17. The lowest BCUT2D eigenvalue weighted by Gasteiger charge is -2.02. The first-order valence-electron chi connectivity index (χ1n) is 6.23. The fourth-order valence-electron chi connectivity index (χ4n) is 2.18. The van der Waals surface area contributed by atoms with Crippen molar-refractivity contribution < 1.29 is 13.0 Å². The highest BCUT2D eigenvalue weighted by Gasteiger charge is 2.20. The summed E-state index contributed by atoms with van der Waals surface area (Å²) in [5.41, 5.74) is 10.9. The molecule has 0 saturated carbocycles. The molecule has 0 atom stereocenters. The van der Waals surface area contributed by atoms with E-state index in [1.807, 2.05) is 0 Å². The van der Waals surface area contributed by atoms with Crippen LogP contribution in [0, 0.1) is 6.92 Å². The molecular formula is C14H10N3O3S2-. The fraction of sp³-hybridized carbons (Fsp3) is 0.0714. The normalized spacial score (nSPS) is 11.7. The highest BCUT2D eigenvalue weighted by atomic mass is 32.2. The SMILES string of the molecule is Cc1ccc2nc(-c3ccc(N=[N-])cc3)sc2c1S(=O)(=O)O. The van der Waals surface area contributed by atoms with Crippen LogP contribution >= 0.6 is 11.3 Å². The van der Waals surface area contributed by atoms with Crippen LogP contribution in [0.1, 0.15) is 5.56 Å². The van der Waals surface area contributed by atoms with Crippen molar-refractivity contribution in [2.75, 3.05) is 0 Å². The van der Waals surface area contributed by atoms with Crippen molar-refractivity contribution in [2.45, 2.75) is 11.8 Å². The van der Waals surface area contributed by atoms with Crippen LogP contribution in [0.5, 0.6) is 0 Å². The van der Waals surface area contributed by atoms with Crippen molar-refractivity contribution in [2.24, 2.45) is 5.11 Å². The van der Waals surface area contributed by atoms with E-state index in [1.54, 1.807) is 43.3 Å². The molecule has 0 saturated heterocycles. The molecule has 0 bridgehead atoms.